The van der Waals surface area contributed by atoms with Crippen molar-refractivity contribution in [3.8, 4) is 0 Å². The molecule has 19 heavy (non-hydrogen) atoms. The molecule has 0 radical (unpaired) electrons. The molecule has 0 bridgehead atoms. The van der Waals surface area contributed by atoms with Crippen molar-refractivity contribution < 1.29 is 9.53 Å². The maximum atomic E-state index is 12.4. The quantitative estimate of drug-likeness (QED) is 0.838. The van der Waals surface area contributed by atoms with E-state index in [0.717, 1.165) is 27.6 Å². The predicted molar refractivity (Wildman–Crippen MR) is 77.6 cm³/mol. The molecule has 0 aliphatic carbocycles. The van der Waals surface area contributed by atoms with Gasteiger partial charge in [0.15, 0.2) is 0 Å². The van der Waals surface area contributed by atoms with E-state index in [1.165, 1.54) is 0 Å². The van der Waals surface area contributed by atoms with Crippen LogP contribution < -0.4 is 4.90 Å². The molecule has 1 amide bonds. The lowest BCUT2D eigenvalue weighted by Crippen LogP contribution is -2.30. The molecule has 2 aromatic rings. The standard InChI is InChI=1S/C16H15NO2/c1-3-11-9-12-5-4-6-13-15(12)14(10-11)17(16(13)18)7-8-19-2/h3-6,9-10H,1,7-8H2,2H3. The second kappa shape index (κ2) is 4.52. The average molecular weight is 253 g/mol. The number of rotatable bonds is 4. The Bertz CT molecular complexity index is 676. The summed E-state index contributed by atoms with van der Waals surface area (Å²) in [5.74, 6) is 0.0545. The zero-order valence-electron chi connectivity index (χ0n) is 10.8. The minimum Gasteiger partial charge on any atom is -0.383 e. The van der Waals surface area contributed by atoms with Gasteiger partial charge in [-0.05, 0) is 29.1 Å². The van der Waals surface area contributed by atoms with E-state index in [0.29, 0.717) is 13.2 Å². The van der Waals surface area contributed by atoms with E-state index in [1.807, 2.05) is 24.3 Å². The second-order valence-corrected chi connectivity index (χ2v) is 4.60. The SMILES string of the molecule is C=Cc1cc2c3c(cccc3c1)C(=O)N2CCOC. The highest BCUT2D eigenvalue weighted by Crippen LogP contribution is 2.38. The molecule has 0 fully saturated rings. The molecule has 0 unspecified atom stereocenters. The third kappa shape index (κ3) is 1.74. The molecule has 2 aromatic carbocycles. The number of anilines is 1. The maximum Gasteiger partial charge on any atom is 0.259 e. The second-order valence-electron chi connectivity index (χ2n) is 4.60. The molecular formula is C16H15NO2. The van der Waals surface area contributed by atoms with Gasteiger partial charge in [-0.25, -0.2) is 0 Å². The summed E-state index contributed by atoms with van der Waals surface area (Å²) in [6.07, 6.45) is 1.81. The fraction of sp³-hybridized carbons (Fsp3) is 0.188. The van der Waals surface area contributed by atoms with Crippen LogP contribution in [0.15, 0.2) is 36.9 Å². The van der Waals surface area contributed by atoms with E-state index in [-0.39, 0.29) is 5.91 Å². The number of nitrogens with zero attached hydrogens (tertiary/aromatic N) is 1. The molecule has 1 aliphatic heterocycles. The van der Waals surface area contributed by atoms with E-state index in [2.05, 4.69) is 12.6 Å². The highest BCUT2D eigenvalue weighted by atomic mass is 16.5. The van der Waals surface area contributed by atoms with Gasteiger partial charge in [0.2, 0.25) is 0 Å². The number of hydrogen-bond donors (Lipinski definition) is 0. The number of amides is 1. The van der Waals surface area contributed by atoms with Crippen LogP contribution in [0.4, 0.5) is 5.69 Å². The molecule has 3 rings (SSSR count). The first-order valence-electron chi connectivity index (χ1n) is 6.26. The molecule has 0 spiro atoms. The molecule has 96 valence electrons. The highest BCUT2D eigenvalue weighted by Gasteiger charge is 2.29. The fourth-order valence-electron chi connectivity index (χ4n) is 2.60. The molecule has 0 atom stereocenters. The van der Waals surface area contributed by atoms with Crippen molar-refractivity contribution >= 4 is 28.4 Å². The lowest BCUT2D eigenvalue weighted by Gasteiger charge is -2.17. The average Bonchev–Trinajstić information content (AvgIpc) is 2.71. The van der Waals surface area contributed by atoms with Crippen LogP contribution in [0.25, 0.3) is 16.8 Å². The van der Waals surface area contributed by atoms with Crippen LogP contribution in [0.3, 0.4) is 0 Å². The van der Waals surface area contributed by atoms with Gasteiger partial charge in [-0.2, -0.15) is 0 Å². The first-order valence-corrected chi connectivity index (χ1v) is 6.26. The van der Waals surface area contributed by atoms with Gasteiger partial charge < -0.3 is 9.64 Å². The van der Waals surface area contributed by atoms with Crippen molar-refractivity contribution in [3.05, 3.63) is 48.0 Å². The number of benzene rings is 2. The topological polar surface area (TPSA) is 29.5 Å². The van der Waals surface area contributed by atoms with Crippen LogP contribution in [-0.4, -0.2) is 26.2 Å². The molecule has 3 nitrogen and oxygen atoms in total. The van der Waals surface area contributed by atoms with E-state index >= 15 is 0 Å². The molecule has 1 aliphatic rings. The van der Waals surface area contributed by atoms with Gasteiger partial charge in [0, 0.05) is 24.6 Å². The Morgan fingerprint density at radius 2 is 2.21 bits per heavy atom. The summed E-state index contributed by atoms with van der Waals surface area (Å²) >= 11 is 0. The van der Waals surface area contributed by atoms with Crippen molar-refractivity contribution in [2.45, 2.75) is 0 Å². The molecule has 0 N–H and O–H groups in total. The zero-order chi connectivity index (χ0) is 13.4. The molecule has 0 saturated carbocycles. The third-order valence-corrected chi connectivity index (χ3v) is 3.50. The summed E-state index contributed by atoms with van der Waals surface area (Å²) in [5, 5.41) is 2.12. The van der Waals surface area contributed by atoms with Crippen molar-refractivity contribution in [1.82, 2.24) is 0 Å². The number of hydrogen-bond acceptors (Lipinski definition) is 2. The number of methoxy groups -OCH3 is 1. The number of carbonyl (C=O) groups excluding carboxylic acids is 1. The first kappa shape index (κ1) is 11.9. The van der Waals surface area contributed by atoms with E-state index in [1.54, 1.807) is 18.1 Å². The minimum absolute atomic E-state index is 0.0545. The van der Waals surface area contributed by atoms with Gasteiger partial charge in [0.05, 0.1) is 12.3 Å². The monoisotopic (exact) mass is 253 g/mol. The van der Waals surface area contributed by atoms with Crippen molar-refractivity contribution in [2.75, 3.05) is 25.2 Å². The van der Waals surface area contributed by atoms with Gasteiger partial charge in [-0.1, -0.05) is 24.8 Å². The van der Waals surface area contributed by atoms with Crippen LogP contribution >= 0.6 is 0 Å². The van der Waals surface area contributed by atoms with Gasteiger partial charge in [0.1, 0.15) is 0 Å². The summed E-state index contributed by atoms with van der Waals surface area (Å²) in [7, 11) is 1.64. The summed E-state index contributed by atoms with van der Waals surface area (Å²) in [4.78, 5) is 14.2. The zero-order valence-corrected chi connectivity index (χ0v) is 10.8. The first-order chi connectivity index (χ1) is 9.26. The number of ether oxygens (including phenoxy) is 1. The Labute approximate surface area is 112 Å². The summed E-state index contributed by atoms with van der Waals surface area (Å²) in [5.41, 5.74) is 2.76. The Morgan fingerprint density at radius 1 is 1.37 bits per heavy atom. The van der Waals surface area contributed by atoms with Gasteiger partial charge in [-0.15, -0.1) is 0 Å². The Balaban J connectivity index is 2.22. The fourth-order valence-corrected chi connectivity index (χ4v) is 2.60. The Morgan fingerprint density at radius 3 is 2.95 bits per heavy atom. The Kier molecular flexibility index (Phi) is 2.84. The minimum atomic E-state index is 0.0545. The van der Waals surface area contributed by atoms with E-state index in [4.69, 9.17) is 4.74 Å². The molecule has 0 aromatic heterocycles. The maximum absolute atomic E-state index is 12.4. The predicted octanol–water partition coefficient (Wildman–Crippen LogP) is 3.09. The lowest BCUT2D eigenvalue weighted by atomic mass is 10.0. The van der Waals surface area contributed by atoms with E-state index in [9.17, 15) is 4.79 Å². The third-order valence-electron chi connectivity index (χ3n) is 3.50. The van der Waals surface area contributed by atoms with Crippen molar-refractivity contribution in [2.24, 2.45) is 0 Å². The Hall–Kier alpha value is -2.13. The highest BCUT2D eigenvalue weighted by molar-refractivity contribution is 6.25. The van der Waals surface area contributed by atoms with Crippen LogP contribution in [-0.2, 0) is 4.74 Å². The van der Waals surface area contributed by atoms with Gasteiger partial charge >= 0.3 is 0 Å². The smallest absolute Gasteiger partial charge is 0.259 e. The summed E-state index contributed by atoms with van der Waals surface area (Å²) in [6.45, 7) is 4.90. The summed E-state index contributed by atoms with van der Waals surface area (Å²) < 4.78 is 5.09. The summed E-state index contributed by atoms with van der Waals surface area (Å²) in [6, 6.07) is 9.91. The largest absolute Gasteiger partial charge is 0.383 e. The van der Waals surface area contributed by atoms with Gasteiger partial charge in [0.25, 0.3) is 5.91 Å². The lowest BCUT2D eigenvalue weighted by molar-refractivity contribution is 0.0982. The number of carbonyl (C=O) groups is 1. The van der Waals surface area contributed by atoms with E-state index < -0.39 is 0 Å². The van der Waals surface area contributed by atoms with Crippen molar-refractivity contribution in [1.29, 1.82) is 0 Å². The molecule has 3 heteroatoms. The normalized spacial score (nSPS) is 13.3. The molecular weight excluding hydrogens is 238 g/mol. The van der Waals surface area contributed by atoms with Crippen LogP contribution in [0, 0.1) is 0 Å². The van der Waals surface area contributed by atoms with Crippen molar-refractivity contribution in [3.63, 3.8) is 0 Å². The van der Waals surface area contributed by atoms with Crippen LogP contribution in [0.5, 0.6) is 0 Å². The van der Waals surface area contributed by atoms with Crippen LogP contribution in [0.2, 0.25) is 0 Å². The van der Waals surface area contributed by atoms with Gasteiger partial charge in [-0.3, -0.25) is 4.79 Å². The molecule has 0 saturated heterocycles. The molecule has 1 heterocycles. The van der Waals surface area contributed by atoms with Crippen LogP contribution in [0.1, 0.15) is 15.9 Å².